The quantitative estimate of drug-likeness (QED) is 0.742. The smallest absolute Gasteiger partial charge is 0.263 e. The second-order valence-corrected chi connectivity index (χ2v) is 5.77. The second kappa shape index (κ2) is 6.31. The maximum Gasteiger partial charge on any atom is 0.263 e. The molecule has 4 N–H and O–H groups in total. The highest BCUT2D eigenvalue weighted by Gasteiger charge is 2.31. The van der Waals surface area contributed by atoms with Gasteiger partial charge in [-0.1, -0.05) is 0 Å². The number of nitrogens with two attached hydrogens (primary N) is 1. The first kappa shape index (κ1) is 15.6. The Hall–Kier alpha value is -1.80. The van der Waals surface area contributed by atoms with Gasteiger partial charge in [-0.05, 0) is 6.42 Å². The largest absolute Gasteiger partial charge is 0.397 e. The Bertz CT molecular complexity index is 558. The number of ether oxygens (including phenoxy) is 1. The van der Waals surface area contributed by atoms with Gasteiger partial charge in [0.05, 0.1) is 17.4 Å². The van der Waals surface area contributed by atoms with E-state index in [1.807, 2.05) is 4.90 Å². The molecule has 1 unspecified atom stereocenters. The molecule has 1 aromatic rings. The molecule has 1 fully saturated rings. The number of hydrogen-bond acceptors (Lipinski definition) is 6. The fraction of sp³-hybridized carbons (Fsp3) is 0.538. The van der Waals surface area contributed by atoms with Crippen LogP contribution in [-0.4, -0.2) is 52.2 Å². The lowest BCUT2D eigenvalue weighted by Gasteiger charge is -2.17. The summed E-state index contributed by atoms with van der Waals surface area (Å²) < 4.78 is 5.35. The molecule has 2 amide bonds. The van der Waals surface area contributed by atoms with Crippen molar-refractivity contribution in [3.8, 4) is 0 Å². The molecule has 1 atom stereocenters. The zero-order valence-corrected chi connectivity index (χ0v) is 13.2. The van der Waals surface area contributed by atoms with Crippen LogP contribution >= 0.6 is 11.3 Å². The molecular formula is C13H20N4O3S. The standard InChI is InChI=1S/C13H20N4O3S/c1-15-11(18)8-9(14)10(12(19)16-2)21-13(8)17-5-4-7(6-17)20-3/h7H,4-6,14H2,1-3H3,(H,15,18)(H,16,19). The number of carbonyl (C=O) groups excluding carboxylic acids is 2. The number of amides is 2. The van der Waals surface area contributed by atoms with E-state index in [2.05, 4.69) is 10.6 Å². The van der Waals surface area contributed by atoms with E-state index in [9.17, 15) is 9.59 Å². The third-order valence-corrected chi connectivity index (χ3v) is 4.84. The van der Waals surface area contributed by atoms with Crippen molar-refractivity contribution < 1.29 is 14.3 Å². The van der Waals surface area contributed by atoms with Crippen molar-refractivity contribution in [2.24, 2.45) is 0 Å². The van der Waals surface area contributed by atoms with Crippen LogP contribution in [0, 0.1) is 0 Å². The fourth-order valence-corrected chi connectivity index (χ4v) is 3.59. The average molecular weight is 312 g/mol. The molecule has 8 heteroatoms. The van der Waals surface area contributed by atoms with Gasteiger partial charge in [0, 0.05) is 34.3 Å². The lowest BCUT2D eigenvalue weighted by atomic mass is 10.2. The van der Waals surface area contributed by atoms with E-state index in [1.54, 1.807) is 14.2 Å². The molecule has 21 heavy (non-hydrogen) atoms. The second-order valence-electron chi connectivity index (χ2n) is 4.78. The van der Waals surface area contributed by atoms with E-state index in [1.165, 1.54) is 18.4 Å². The maximum atomic E-state index is 12.1. The first-order valence-corrected chi connectivity index (χ1v) is 7.49. The SMILES string of the molecule is CNC(=O)c1sc(N2CCC(OC)C2)c(C(=O)NC)c1N. The van der Waals surface area contributed by atoms with Crippen LogP contribution in [-0.2, 0) is 4.74 Å². The molecule has 0 radical (unpaired) electrons. The molecule has 1 aromatic heterocycles. The van der Waals surface area contributed by atoms with E-state index < -0.39 is 0 Å². The minimum Gasteiger partial charge on any atom is -0.397 e. The number of methoxy groups -OCH3 is 1. The topological polar surface area (TPSA) is 96.7 Å². The molecule has 116 valence electrons. The Morgan fingerprint density at radius 2 is 2.00 bits per heavy atom. The van der Waals surface area contributed by atoms with Crippen molar-refractivity contribution in [1.29, 1.82) is 0 Å². The van der Waals surface area contributed by atoms with Gasteiger partial charge in [-0.25, -0.2) is 0 Å². The summed E-state index contributed by atoms with van der Waals surface area (Å²) in [5.41, 5.74) is 6.63. The highest BCUT2D eigenvalue weighted by Crippen LogP contribution is 2.39. The van der Waals surface area contributed by atoms with Crippen molar-refractivity contribution in [3.63, 3.8) is 0 Å². The number of nitrogens with zero attached hydrogens (tertiary/aromatic N) is 1. The number of carbonyl (C=O) groups is 2. The zero-order valence-electron chi connectivity index (χ0n) is 12.4. The Balaban J connectivity index is 2.44. The molecule has 0 aliphatic carbocycles. The van der Waals surface area contributed by atoms with Crippen LogP contribution in [0.2, 0.25) is 0 Å². The van der Waals surface area contributed by atoms with E-state index in [4.69, 9.17) is 10.5 Å². The van der Waals surface area contributed by atoms with Gasteiger partial charge in [-0.3, -0.25) is 9.59 Å². The first-order chi connectivity index (χ1) is 10.0. The van der Waals surface area contributed by atoms with Gasteiger partial charge in [0.15, 0.2) is 0 Å². The third-order valence-electron chi connectivity index (χ3n) is 3.58. The molecule has 2 rings (SSSR count). The van der Waals surface area contributed by atoms with E-state index in [-0.39, 0.29) is 23.6 Å². The van der Waals surface area contributed by atoms with Crippen LogP contribution in [0.4, 0.5) is 10.7 Å². The van der Waals surface area contributed by atoms with E-state index in [0.717, 1.165) is 18.0 Å². The summed E-state index contributed by atoms with van der Waals surface area (Å²) in [5.74, 6) is -0.564. The van der Waals surface area contributed by atoms with Crippen LogP contribution in [0.3, 0.4) is 0 Å². The number of nitrogen functional groups attached to an aromatic ring is 1. The molecule has 0 saturated carbocycles. The minimum atomic E-state index is -0.283. The molecule has 1 saturated heterocycles. The van der Waals surface area contributed by atoms with Gasteiger partial charge in [-0.2, -0.15) is 0 Å². The molecule has 7 nitrogen and oxygen atoms in total. The van der Waals surface area contributed by atoms with Crippen LogP contribution in [0.1, 0.15) is 26.5 Å². The van der Waals surface area contributed by atoms with Crippen molar-refractivity contribution in [1.82, 2.24) is 10.6 Å². The molecule has 1 aliphatic rings. The highest BCUT2D eigenvalue weighted by atomic mass is 32.1. The maximum absolute atomic E-state index is 12.1. The Morgan fingerprint density at radius 1 is 1.33 bits per heavy atom. The summed E-state index contributed by atoms with van der Waals surface area (Å²) >= 11 is 1.24. The lowest BCUT2D eigenvalue weighted by Crippen LogP contribution is -2.26. The monoisotopic (exact) mass is 312 g/mol. The average Bonchev–Trinajstić information content (AvgIpc) is 3.09. The van der Waals surface area contributed by atoms with Crippen LogP contribution in [0.5, 0.6) is 0 Å². The summed E-state index contributed by atoms with van der Waals surface area (Å²) in [6, 6.07) is 0. The van der Waals surface area contributed by atoms with Gasteiger partial charge in [0.1, 0.15) is 9.88 Å². The predicted molar refractivity (Wildman–Crippen MR) is 83.1 cm³/mol. The summed E-state index contributed by atoms with van der Waals surface area (Å²) in [6.07, 6.45) is 1.02. The van der Waals surface area contributed by atoms with Gasteiger partial charge in [0.25, 0.3) is 11.8 Å². The molecule has 0 aromatic carbocycles. The highest BCUT2D eigenvalue weighted by molar-refractivity contribution is 7.19. The number of anilines is 2. The Labute approximate surface area is 127 Å². The Kier molecular flexibility index (Phi) is 4.69. The third kappa shape index (κ3) is 2.81. The number of thiophene rings is 1. The Morgan fingerprint density at radius 3 is 2.52 bits per heavy atom. The lowest BCUT2D eigenvalue weighted by molar-refractivity contribution is 0.0962. The van der Waals surface area contributed by atoms with Gasteiger partial charge in [0.2, 0.25) is 0 Å². The fourth-order valence-electron chi connectivity index (χ4n) is 2.39. The minimum absolute atomic E-state index is 0.134. The number of nitrogens with one attached hydrogen (secondary N) is 2. The molecule has 2 heterocycles. The normalized spacial score (nSPS) is 17.9. The van der Waals surface area contributed by atoms with E-state index >= 15 is 0 Å². The van der Waals surface area contributed by atoms with Crippen molar-refractivity contribution in [3.05, 3.63) is 10.4 Å². The van der Waals surface area contributed by atoms with Crippen molar-refractivity contribution >= 4 is 33.8 Å². The zero-order chi connectivity index (χ0) is 15.6. The summed E-state index contributed by atoms with van der Waals surface area (Å²) in [5, 5.41) is 5.85. The van der Waals surface area contributed by atoms with Crippen molar-refractivity contribution in [2.75, 3.05) is 44.9 Å². The van der Waals surface area contributed by atoms with Crippen molar-refractivity contribution in [2.45, 2.75) is 12.5 Å². The van der Waals surface area contributed by atoms with Gasteiger partial charge >= 0.3 is 0 Å². The number of rotatable bonds is 4. The summed E-state index contributed by atoms with van der Waals surface area (Å²) in [6.45, 7) is 1.46. The molecular weight excluding hydrogens is 292 g/mol. The molecule has 1 aliphatic heterocycles. The van der Waals surface area contributed by atoms with Gasteiger partial charge < -0.3 is 26.0 Å². The summed E-state index contributed by atoms with van der Waals surface area (Å²) in [4.78, 5) is 26.4. The van der Waals surface area contributed by atoms with Crippen LogP contribution in [0.15, 0.2) is 0 Å². The van der Waals surface area contributed by atoms with E-state index in [0.29, 0.717) is 17.0 Å². The van der Waals surface area contributed by atoms with Gasteiger partial charge in [-0.15, -0.1) is 11.3 Å². The first-order valence-electron chi connectivity index (χ1n) is 6.67. The van der Waals surface area contributed by atoms with Crippen LogP contribution < -0.4 is 21.3 Å². The number of hydrogen-bond donors (Lipinski definition) is 3. The molecule has 0 spiro atoms. The predicted octanol–water partition coefficient (Wildman–Crippen LogP) is 0.275. The summed E-state index contributed by atoms with van der Waals surface area (Å²) in [7, 11) is 4.76. The van der Waals surface area contributed by atoms with Crippen LogP contribution in [0.25, 0.3) is 0 Å². The molecule has 0 bridgehead atoms.